The molecule has 1 aromatic heterocycles. The van der Waals surface area contributed by atoms with Crippen LogP contribution in [0.2, 0.25) is 0 Å². The molecule has 1 saturated carbocycles. The van der Waals surface area contributed by atoms with Gasteiger partial charge in [0.2, 0.25) is 5.91 Å². The van der Waals surface area contributed by atoms with Gasteiger partial charge in [0.1, 0.15) is 5.75 Å². The molecule has 21 heavy (non-hydrogen) atoms. The summed E-state index contributed by atoms with van der Waals surface area (Å²) in [5, 5.41) is 0. The first kappa shape index (κ1) is 14.3. The Labute approximate surface area is 124 Å². The van der Waals surface area contributed by atoms with Crippen molar-refractivity contribution in [2.75, 3.05) is 13.7 Å². The number of nitrogens with one attached hydrogen (secondary N) is 2. The lowest BCUT2D eigenvalue weighted by Gasteiger charge is -2.43. The smallest absolute Gasteiger partial charge is 0.237 e. The number of methoxy groups -OCH3 is 1. The van der Waals surface area contributed by atoms with E-state index in [0.29, 0.717) is 12.5 Å². The summed E-state index contributed by atoms with van der Waals surface area (Å²) in [7, 11) is 1.65. The fraction of sp³-hybridized carbons (Fsp3) is 0.600. The van der Waals surface area contributed by atoms with Crippen LogP contribution >= 0.6 is 0 Å². The second-order valence-corrected chi connectivity index (χ2v) is 5.91. The van der Waals surface area contributed by atoms with Crippen LogP contribution < -0.4 is 21.3 Å². The average Bonchev–Trinajstić information content (AvgIpc) is 2.55. The highest BCUT2D eigenvalue weighted by Crippen LogP contribution is 2.42. The molecule has 1 amide bonds. The van der Waals surface area contributed by atoms with Crippen LogP contribution in [0.15, 0.2) is 18.5 Å². The van der Waals surface area contributed by atoms with E-state index < -0.39 is 0 Å². The Morgan fingerprint density at radius 1 is 1.43 bits per heavy atom. The Bertz CT molecular complexity index is 522. The molecule has 2 heterocycles. The minimum Gasteiger partial charge on any atom is -0.495 e. The van der Waals surface area contributed by atoms with Crippen molar-refractivity contribution in [1.29, 1.82) is 0 Å². The lowest BCUT2D eigenvalue weighted by atomic mass is 9.68. The summed E-state index contributed by atoms with van der Waals surface area (Å²) in [5.74, 6) is 1.66. The maximum absolute atomic E-state index is 12.0. The van der Waals surface area contributed by atoms with Gasteiger partial charge in [0.15, 0.2) is 0 Å². The summed E-state index contributed by atoms with van der Waals surface area (Å²) in [4.78, 5) is 16.2. The molecular formula is C15H22N4O2. The number of fused-ring (bicyclic) bond motifs is 1. The van der Waals surface area contributed by atoms with Crippen molar-refractivity contribution in [1.82, 2.24) is 15.8 Å². The number of nitrogens with two attached hydrogens (primary N) is 1. The first-order valence-corrected chi connectivity index (χ1v) is 7.47. The van der Waals surface area contributed by atoms with E-state index >= 15 is 0 Å². The largest absolute Gasteiger partial charge is 0.495 e. The number of nitrogens with zero attached hydrogens (tertiary/aromatic N) is 1. The Balaban J connectivity index is 1.79. The Morgan fingerprint density at radius 3 is 3.05 bits per heavy atom. The molecule has 4 unspecified atom stereocenters. The number of hydrogen-bond donors (Lipinski definition) is 3. The third-order valence-corrected chi connectivity index (χ3v) is 4.83. The van der Waals surface area contributed by atoms with Crippen LogP contribution in [0.5, 0.6) is 5.75 Å². The Hall–Kier alpha value is -1.66. The lowest BCUT2D eigenvalue weighted by molar-refractivity contribution is -0.133. The first-order valence-electron chi connectivity index (χ1n) is 7.47. The van der Waals surface area contributed by atoms with Gasteiger partial charge >= 0.3 is 0 Å². The molecule has 4 atom stereocenters. The molecule has 2 aliphatic rings. The number of amides is 1. The zero-order valence-electron chi connectivity index (χ0n) is 12.2. The van der Waals surface area contributed by atoms with E-state index in [1.54, 1.807) is 13.3 Å². The molecule has 0 spiro atoms. The van der Waals surface area contributed by atoms with E-state index in [2.05, 4.69) is 15.8 Å². The molecule has 4 N–H and O–H groups in total. The normalized spacial score (nSPS) is 32.2. The maximum atomic E-state index is 12.0. The fourth-order valence-electron chi connectivity index (χ4n) is 3.65. The molecular weight excluding hydrogens is 268 g/mol. The van der Waals surface area contributed by atoms with E-state index in [-0.39, 0.29) is 23.8 Å². The Kier molecular flexibility index (Phi) is 4.07. The van der Waals surface area contributed by atoms with Crippen LogP contribution in [-0.4, -0.2) is 30.6 Å². The highest BCUT2D eigenvalue weighted by molar-refractivity contribution is 5.79. The summed E-state index contributed by atoms with van der Waals surface area (Å²) in [6, 6.07) is 2.19. The SMILES string of the molecule is COc1cncc(C2CCC3C(=O)NNC(CN)C3C2)c1. The van der Waals surface area contributed by atoms with Gasteiger partial charge in [0, 0.05) is 24.7 Å². The number of pyridine rings is 1. The highest BCUT2D eigenvalue weighted by atomic mass is 16.5. The fourth-order valence-corrected chi connectivity index (χ4v) is 3.65. The summed E-state index contributed by atoms with van der Waals surface area (Å²) >= 11 is 0. The van der Waals surface area contributed by atoms with Crippen LogP contribution in [0.4, 0.5) is 0 Å². The molecule has 6 heteroatoms. The van der Waals surface area contributed by atoms with Gasteiger partial charge < -0.3 is 10.5 Å². The van der Waals surface area contributed by atoms with Crippen molar-refractivity contribution in [3.8, 4) is 5.75 Å². The molecule has 1 aliphatic carbocycles. The van der Waals surface area contributed by atoms with Gasteiger partial charge in [-0.1, -0.05) is 0 Å². The van der Waals surface area contributed by atoms with E-state index in [1.165, 1.54) is 5.56 Å². The van der Waals surface area contributed by atoms with Gasteiger partial charge in [0.05, 0.1) is 13.3 Å². The third kappa shape index (κ3) is 2.73. The molecule has 0 aromatic carbocycles. The molecule has 3 rings (SSSR count). The van der Waals surface area contributed by atoms with Gasteiger partial charge in [-0.15, -0.1) is 0 Å². The van der Waals surface area contributed by atoms with Crippen LogP contribution in [-0.2, 0) is 4.79 Å². The number of hydrazine groups is 1. The van der Waals surface area contributed by atoms with E-state index in [9.17, 15) is 4.79 Å². The van der Waals surface area contributed by atoms with Crippen molar-refractivity contribution in [3.63, 3.8) is 0 Å². The molecule has 0 bridgehead atoms. The van der Waals surface area contributed by atoms with E-state index in [0.717, 1.165) is 25.0 Å². The van der Waals surface area contributed by atoms with Gasteiger partial charge in [-0.05, 0) is 42.7 Å². The van der Waals surface area contributed by atoms with Gasteiger partial charge in [-0.2, -0.15) is 0 Å². The maximum Gasteiger partial charge on any atom is 0.237 e. The summed E-state index contributed by atoms with van der Waals surface area (Å²) in [5.41, 5.74) is 12.8. The standard InChI is InChI=1S/C15H22N4O2/c1-21-11-4-10(7-17-8-11)9-2-3-12-13(5-9)14(6-16)18-19-15(12)20/h4,7-9,12-14,18H,2-3,5-6,16H2,1H3,(H,19,20). The van der Waals surface area contributed by atoms with Crippen LogP contribution in [0.25, 0.3) is 0 Å². The Morgan fingerprint density at radius 2 is 2.29 bits per heavy atom. The van der Waals surface area contributed by atoms with Crippen molar-refractivity contribution in [3.05, 3.63) is 24.0 Å². The number of carbonyl (C=O) groups excluding carboxylic acids is 1. The minimum absolute atomic E-state index is 0.0783. The summed E-state index contributed by atoms with van der Waals surface area (Å²) < 4.78 is 5.25. The number of carbonyl (C=O) groups is 1. The van der Waals surface area contributed by atoms with Gasteiger partial charge in [-0.3, -0.25) is 15.2 Å². The topological polar surface area (TPSA) is 89.3 Å². The first-order chi connectivity index (χ1) is 10.2. The zero-order valence-corrected chi connectivity index (χ0v) is 12.2. The van der Waals surface area contributed by atoms with Gasteiger partial charge in [0.25, 0.3) is 0 Å². The number of aromatic nitrogens is 1. The van der Waals surface area contributed by atoms with Crippen molar-refractivity contribution < 1.29 is 9.53 Å². The lowest BCUT2D eigenvalue weighted by Crippen LogP contribution is -2.62. The monoisotopic (exact) mass is 290 g/mol. The third-order valence-electron chi connectivity index (χ3n) is 4.83. The van der Waals surface area contributed by atoms with Gasteiger partial charge in [-0.25, -0.2) is 5.43 Å². The zero-order chi connectivity index (χ0) is 14.8. The van der Waals surface area contributed by atoms with Crippen molar-refractivity contribution >= 4 is 5.91 Å². The van der Waals surface area contributed by atoms with Crippen molar-refractivity contribution in [2.45, 2.75) is 31.2 Å². The summed E-state index contributed by atoms with van der Waals surface area (Å²) in [6.45, 7) is 0.532. The van der Waals surface area contributed by atoms with Crippen LogP contribution in [0, 0.1) is 11.8 Å². The predicted molar refractivity (Wildman–Crippen MR) is 78.5 cm³/mol. The number of rotatable bonds is 3. The number of ether oxygens (including phenoxy) is 1. The minimum atomic E-state index is 0.0783. The van der Waals surface area contributed by atoms with E-state index in [1.807, 2.05) is 12.3 Å². The van der Waals surface area contributed by atoms with Crippen LogP contribution in [0.3, 0.4) is 0 Å². The predicted octanol–water partition coefficient (Wildman–Crippen LogP) is 0.552. The second-order valence-electron chi connectivity index (χ2n) is 5.91. The average molecular weight is 290 g/mol. The molecule has 114 valence electrons. The summed E-state index contributed by atoms with van der Waals surface area (Å²) in [6.07, 6.45) is 6.48. The second kappa shape index (κ2) is 5.99. The van der Waals surface area contributed by atoms with E-state index in [4.69, 9.17) is 10.5 Å². The number of hydrogen-bond acceptors (Lipinski definition) is 5. The molecule has 1 saturated heterocycles. The van der Waals surface area contributed by atoms with Crippen LogP contribution in [0.1, 0.15) is 30.7 Å². The molecule has 1 aliphatic heterocycles. The van der Waals surface area contributed by atoms with Crippen molar-refractivity contribution in [2.24, 2.45) is 17.6 Å². The highest BCUT2D eigenvalue weighted by Gasteiger charge is 2.42. The molecule has 0 radical (unpaired) electrons. The molecule has 2 fully saturated rings. The quantitative estimate of drug-likeness (QED) is 0.756. The molecule has 1 aromatic rings. The molecule has 6 nitrogen and oxygen atoms in total.